The van der Waals surface area contributed by atoms with Crippen molar-refractivity contribution in [1.82, 2.24) is 34.8 Å². The van der Waals surface area contributed by atoms with Crippen LogP contribution in [0.2, 0.25) is 0 Å². The maximum atomic E-state index is 13.3. The van der Waals surface area contributed by atoms with Crippen molar-refractivity contribution in [3.63, 3.8) is 0 Å². The molecular formula is C20H16FN7O4. The first-order valence-corrected chi connectivity index (χ1v) is 9.50. The molecule has 0 saturated carbocycles. The molecule has 11 nitrogen and oxygen atoms in total. The normalized spacial score (nSPS) is 10.8. The van der Waals surface area contributed by atoms with E-state index in [-0.39, 0.29) is 36.2 Å². The number of carbonyl (C=O) groups excluding carboxylic acids is 1. The molecule has 0 saturated heterocycles. The van der Waals surface area contributed by atoms with E-state index in [1.54, 1.807) is 31.3 Å². The number of halogens is 1. The number of hydrogen-bond donors (Lipinski definition) is 1. The molecule has 0 aliphatic heterocycles. The standard InChI is InChI=1S/C20H16FN7O4/c1-2-27-19(30)15(25-28(20(27)31)14-8-6-12(21)7-9-14)16-24-18(32-26-16)17(29)23-11-13-5-3-4-10-22-13/h3-10H,2,11H2,1H3,(H,23,29). The summed E-state index contributed by atoms with van der Waals surface area (Å²) >= 11 is 0. The molecular weight excluding hydrogens is 421 g/mol. The van der Waals surface area contributed by atoms with Gasteiger partial charge in [-0.1, -0.05) is 11.2 Å². The fourth-order valence-electron chi connectivity index (χ4n) is 2.85. The SMILES string of the molecule is CCn1c(=O)c(-c2noc(C(=O)NCc3ccccn3)n2)nn(-c2ccc(F)cc2)c1=O. The van der Waals surface area contributed by atoms with Crippen LogP contribution in [-0.4, -0.2) is 35.4 Å². The Balaban J connectivity index is 1.68. The monoisotopic (exact) mass is 437 g/mol. The Morgan fingerprint density at radius 3 is 2.62 bits per heavy atom. The van der Waals surface area contributed by atoms with Gasteiger partial charge in [0, 0.05) is 12.7 Å². The molecule has 1 N–H and O–H groups in total. The molecule has 1 aromatic carbocycles. The van der Waals surface area contributed by atoms with Gasteiger partial charge >= 0.3 is 17.5 Å². The number of aromatic nitrogens is 6. The molecule has 0 atom stereocenters. The van der Waals surface area contributed by atoms with Crippen molar-refractivity contribution in [2.45, 2.75) is 20.0 Å². The molecule has 3 aromatic heterocycles. The third kappa shape index (κ3) is 4.05. The predicted molar refractivity (Wildman–Crippen MR) is 108 cm³/mol. The minimum atomic E-state index is -0.753. The first-order valence-electron chi connectivity index (χ1n) is 9.50. The molecule has 0 radical (unpaired) electrons. The first-order chi connectivity index (χ1) is 15.5. The summed E-state index contributed by atoms with van der Waals surface area (Å²) in [4.78, 5) is 45.8. The zero-order valence-corrected chi connectivity index (χ0v) is 16.7. The lowest BCUT2D eigenvalue weighted by Gasteiger charge is -2.09. The van der Waals surface area contributed by atoms with E-state index in [0.29, 0.717) is 5.69 Å². The third-order valence-electron chi connectivity index (χ3n) is 4.44. The molecule has 0 unspecified atom stereocenters. The van der Waals surface area contributed by atoms with Gasteiger partial charge in [0.1, 0.15) is 5.82 Å². The zero-order valence-electron chi connectivity index (χ0n) is 16.7. The molecule has 12 heteroatoms. The number of carbonyl (C=O) groups is 1. The zero-order chi connectivity index (χ0) is 22.7. The molecule has 4 aromatic rings. The average Bonchev–Trinajstić information content (AvgIpc) is 3.30. The Kier molecular flexibility index (Phi) is 5.66. The molecule has 0 bridgehead atoms. The van der Waals surface area contributed by atoms with E-state index in [2.05, 4.69) is 25.5 Å². The summed E-state index contributed by atoms with van der Waals surface area (Å²) in [7, 11) is 0. The smallest absolute Gasteiger partial charge is 0.342 e. The lowest BCUT2D eigenvalue weighted by molar-refractivity contribution is 0.0906. The second kappa shape index (κ2) is 8.71. The molecule has 1 amide bonds. The Bertz CT molecular complexity index is 1380. The molecule has 0 fully saturated rings. The van der Waals surface area contributed by atoms with Gasteiger partial charge in [-0.25, -0.2) is 9.18 Å². The van der Waals surface area contributed by atoms with Crippen LogP contribution in [0, 0.1) is 5.82 Å². The van der Waals surface area contributed by atoms with Crippen molar-refractivity contribution >= 4 is 5.91 Å². The lowest BCUT2D eigenvalue weighted by atomic mass is 10.3. The Morgan fingerprint density at radius 2 is 1.94 bits per heavy atom. The van der Waals surface area contributed by atoms with Crippen LogP contribution in [0.3, 0.4) is 0 Å². The summed E-state index contributed by atoms with van der Waals surface area (Å²) in [6, 6.07) is 10.2. The van der Waals surface area contributed by atoms with Gasteiger partial charge in [-0.2, -0.15) is 14.8 Å². The predicted octanol–water partition coefficient (Wildman–Crippen LogP) is 0.928. The van der Waals surface area contributed by atoms with Gasteiger partial charge in [0.15, 0.2) is 5.69 Å². The fraction of sp³-hybridized carbons (Fsp3) is 0.150. The minimum absolute atomic E-state index is 0.0453. The Hall–Kier alpha value is -4.48. The maximum Gasteiger partial charge on any atom is 0.352 e. The van der Waals surface area contributed by atoms with Crippen molar-refractivity contribution in [3.8, 4) is 17.2 Å². The van der Waals surface area contributed by atoms with E-state index in [1.165, 1.54) is 12.1 Å². The molecule has 0 spiro atoms. The second-order valence-electron chi connectivity index (χ2n) is 6.50. The lowest BCUT2D eigenvalue weighted by Crippen LogP contribution is -2.41. The minimum Gasteiger partial charge on any atom is -0.342 e. The van der Waals surface area contributed by atoms with Crippen LogP contribution in [-0.2, 0) is 13.1 Å². The van der Waals surface area contributed by atoms with Crippen molar-refractivity contribution in [1.29, 1.82) is 0 Å². The van der Waals surface area contributed by atoms with Gasteiger partial charge in [-0.05, 0) is 43.3 Å². The van der Waals surface area contributed by atoms with Gasteiger partial charge in [0.2, 0.25) is 5.82 Å². The highest BCUT2D eigenvalue weighted by molar-refractivity contribution is 5.89. The van der Waals surface area contributed by atoms with Crippen molar-refractivity contribution < 1.29 is 13.7 Å². The van der Waals surface area contributed by atoms with E-state index >= 15 is 0 Å². The van der Waals surface area contributed by atoms with Crippen LogP contribution in [0.4, 0.5) is 4.39 Å². The topological polar surface area (TPSA) is 138 Å². The van der Waals surface area contributed by atoms with E-state index in [9.17, 15) is 18.8 Å². The van der Waals surface area contributed by atoms with Gasteiger partial charge in [-0.15, -0.1) is 0 Å². The second-order valence-corrected chi connectivity index (χ2v) is 6.50. The molecule has 0 aliphatic rings. The fourth-order valence-corrected chi connectivity index (χ4v) is 2.85. The van der Waals surface area contributed by atoms with Crippen LogP contribution in [0.25, 0.3) is 17.2 Å². The number of benzene rings is 1. The summed E-state index contributed by atoms with van der Waals surface area (Å²) in [5, 5.41) is 10.3. The van der Waals surface area contributed by atoms with E-state index in [1.807, 2.05) is 0 Å². The van der Waals surface area contributed by atoms with E-state index in [0.717, 1.165) is 21.4 Å². The third-order valence-corrected chi connectivity index (χ3v) is 4.44. The highest BCUT2D eigenvalue weighted by Gasteiger charge is 2.22. The van der Waals surface area contributed by atoms with Crippen LogP contribution >= 0.6 is 0 Å². The van der Waals surface area contributed by atoms with E-state index < -0.39 is 23.0 Å². The van der Waals surface area contributed by atoms with Gasteiger partial charge in [0.05, 0.1) is 17.9 Å². The summed E-state index contributed by atoms with van der Waals surface area (Å²) in [6.07, 6.45) is 1.59. The first kappa shape index (κ1) is 20.8. The number of hydrogen-bond acceptors (Lipinski definition) is 8. The average molecular weight is 437 g/mol. The number of nitrogens with one attached hydrogen (secondary N) is 1. The van der Waals surface area contributed by atoms with Crippen molar-refractivity contribution in [3.05, 3.63) is 86.9 Å². The van der Waals surface area contributed by atoms with Crippen molar-refractivity contribution in [2.75, 3.05) is 0 Å². The largest absolute Gasteiger partial charge is 0.352 e. The Labute approximate surface area is 179 Å². The van der Waals surface area contributed by atoms with E-state index in [4.69, 9.17) is 4.52 Å². The molecule has 0 aliphatic carbocycles. The summed E-state index contributed by atoms with van der Waals surface area (Å²) in [5.74, 6) is -1.82. The van der Waals surface area contributed by atoms with Gasteiger partial charge in [0.25, 0.3) is 5.56 Å². The number of amides is 1. The molecule has 162 valence electrons. The number of pyridine rings is 1. The van der Waals surface area contributed by atoms with Crippen LogP contribution < -0.4 is 16.6 Å². The highest BCUT2D eigenvalue weighted by atomic mass is 19.1. The van der Waals surface area contributed by atoms with Crippen LogP contribution in [0.15, 0.2) is 62.8 Å². The maximum absolute atomic E-state index is 13.3. The molecule has 32 heavy (non-hydrogen) atoms. The molecule has 3 heterocycles. The van der Waals surface area contributed by atoms with Crippen LogP contribution in [0.1, 0.15) is 23.3 Å². The Morgan fingerprint density at radius 1 is 1.16 bits per heavy atom. The van der Waals surface area contributed by atoms with Gasteiger partial charge in [-0.3, -0.25) is 19.1 Å². The summed E-state index contributed by atoms with van der Waals surface area (Å²) in [5.41, 5.74) is -0.916. The highest BCUT2D eigenvalue weighted by Crippen LogP contribution is 2.11. The quantitative estimate of drug-likeness (QED) is 0.470. The van der Waals surface area contributed by atoms with Crippen LogP contribution in [0.5, 0.6) is 0 Å². The summed E-state index contributed by atoms with van der Waals surface area (Å²) in [6.45, 7) is 1.78. The summed E-state index contributed by atoms with van der Waals surface area (Å²) < 4.78 is 20.1. The molecule has 4 rings (SSSR count). The van der Waals surface area contributed by atoms with Crippen molar-refractivity contribution in [2.24, 2.45) is 0 Å². The van der Waals surface area contributed by atoms with Gasteiger partial charge < -0.3 is 9.84 Å². The number of nitrogens with zero attached hydrogens (tertiary/aromatic N) is 6. The number of rotatable bonds is 6.